The Bertz CT molecular complexity index is 1230. The monoisotopic (exact) mass is 427 g/mol. The lowest BCUT2D eigenvalue weighted by atomic mass is 9.88. The van der Waals surface area contributed by atoms with Gasteiger partial charge in [0.1, 0.15) is 24.0 Å². The van der Waals surface area contributed by atoms with Crippen molar-refractivity contribution in [2.24, 2.45) is 0 Å². The minimum Gasteiger partial charge on any atom is -0.488 e. The van der Waals surface area contributed by atoms with Crippen LogP contribution in [0.1, 0.15) is 29.2 Å². The molecule has 0 fully saturated rings. The Kier molecular flexibility index (Phi) is 5.07. The molecule has 154 valence electrons. The van der Waals surface area contributed by atoms with Crippen LogP contribution in [-0.2, 0) is 16.6 Å². The number of rotatable bonds is 3. The van der Waals surface area contributed by atoms with Gasteiger partial charge in [0.15, 0.2) is 0 Å². The van der Waals surface area contributed by atoms with Gasteiger partial charge in [-0.05, 0) is 65.6 Å². The van der Waals surface area contributed by atoms with Gasteiger partial charge >= 0.3 is 0 Å². The van der Waals surface area contributed by atoms with Crippen molar-refractivity contribution in [3.63, 3.8) is 0 Å². The lowest BCUT2D eigenvalue weighted by molar-refractivity contribution is 0.305. The standard InChI is InChI=1S/C23H19F2NO3S/c1-14(15-4-3-5-19(11-15)26-30(2,27)28)23-20-8-6-17(24)10-16(20)13-29-22-12-18(25)7-9-21(22)23/h3-12,26H,13H2,1-2H3/b23-14+. The van der Waals surface area contributed by atoms with Crippen LogP contribution in [0.2, 0.25) is 0 Å². The van der Waals surface area contributed by atoms with Crippen LogP contribution in [-0.4, -0.2) is 14.7 Å². The second-order valence-electron chi connectivity index (χ2n) is 7.19. The number of ether oxygens (including phenoxy) is 1. The molecule has 1 heterocycles. The van der Waals surface area contributed by atoms with E-state index in [0.717, 1.165) is 28.5 Å². The summed E-state index contributed by atoms with van der Waals surface area (Å²) in [7, 11) is -3.43. The first-order valence-electron chi connectivity index (χ1n) is 9.22. The van der Waals surface area contributed by atoms with Crippen LogP contribution in [0.3, 0.4) is 0 Å². The molecule has 0 amide bonds. The van der Waals surface area contributed by atoms with Crippen LogP contribution >= 0.6 is 0 Å². The number of hydrogen-bond donors (Lipinski definition) is 1. The number of allylic oxidation sites excluding steroid dienone is 1. The van der Waals surface area contributed by atoms with E-state index in [1.165, 1.54) is 24.3 Å². The SMILES string of the molecule is C/C(=C1/c2ccc(F)cc2COc2cc(F)ccc21)c1cccc(NS(C)(=O)=O)c1. The van der Waals surface area contributed by atoms with Crippen LogP contribution in [0.4, 0.5) is 14.5 Å². The normalized spacial score (nSPS) is 14.8. The fourth-order valence-electron chi connectivity index (χ4n) is 3.63. The number of nitrogens with one attached hydrogen (secondary N) is 1. The van der Waals surface area contributed by atoms with Gasteiger partial charge in [0.2, 0.25) is 10.0 Å². The summed E-state index contributed by atoms with van der Waals surface area (Å²) in [5, 5.41) is 0. The van der Waals surface area contributed by atoms with Crippen molar-refractivity contribution in [3.8, 4) is 5.75 Å². The Morgan fingerprint density at radius 2 is 1.67 bits per heavy atom. The molecule has 1 aliphatic rings. The molecule has 0 atom stereocenters. The number of halogens is 2. The first kappa shape index (κ1) is 20.1. The van der Waals surface area contributed by atoms with Crippen LogP contribution < -0.4 is 9.46 Å². The summed E-state index contributed by atoms with van der Waals surface area (Å²) in [5.41, 5.74) is 4.89. The van der Waals surface area contributed by atoms with E-state index < -0.39 is 15.8 Å². The first-order valence-corrected chi connectivity index (χ1v) is 11.1. The van der Waals surface area contributed by atoms with Crippen molar-refractivity contribution in [3.05, 3.63) is 94.6 Å². The van der Waals surface area contributed by atoms with Crippen molar-refractivity contribution in [2.45, 2.75) is 13.5 Å². The van der Waals surface area contributed by atoms with E-state index in [0.29, 0.717) is 22.6 Å². The molecule has 0 saturated heterocycles. The van der Waals surface area contributed by atoms with E-state index in [9.17, 15) is 17.2 Å². The lowest BCUT2D eigenvalue weighted by Gasteiger charge is -2.16. The Morgan fingerprint density at radius 3 is 2.40 bits per heavy atom. The minimum atomic E-state index is -3.43. The molecule has 0 aromatic heterocycles. The second kappa shape index (κ2) is 7.57. The smallest absolute Gasteiger partial charge is 0.229 e. The van der Waals surface area contributed by atoms with Crippen molar-refractivity contribution in [1.29, 1.82) is 0 Å². The topological polar surface area (TPSA) is 55.4 Å². The van der Waals surface area contributed by atoms with E-state index in [-0.39, 0.29) is 12.4 Å². The molecule has 0 radical (unpaired) electrons. The third kappa shape index (κ3) is 4.07. The summed E-state index contributed by atoms with van der Waals surface area (Å²) in [4.78, 5) is 0. The maximum absolute atomic E-state index is 13.9. The largest absolute Gasteiger partial charge is 0.488 e. The lowest BCUT2D eigenvalue weighted by Crippen LogP contribution is -2.09. The molecule has 3 aromatic rings. The summed E-state index contributed by atoms with van der Waals surface area (Å²) >= 11 is 0. The molecule has 0 saturated carbocycles. The molecule has 0 spiro atoms. The van der Waals surface area contributed by atoms with Gasteiger partial charge in [-0.3, -0.25) is 4.72 Å². The van der Waals surface area contributed by atoms with Crippen molar-refractivity contribution >= 4 is 26.9 Å². The molecular weight excluding hydrogens is 408 g/mol. The molecule has 30 heavy (non-hydrogen) atoms. The maximum Gasteiger partial charge on any atom is 0.229 e. The molecule has 0 unspecified atom stereocenters. The number of anilines is 1. The average molecular weight is 427 g/mol. The molecule has 0 bridgehead atoms. The van der Waals surface area contributed by atoms with Crippen molar-refractivity contribution in [2.75, 3.05) is 11.0 Å². The fourth-order valence-corrected chi connectivity index (χ4v) is 4.18. The zero-order valence-corrected chi connectivity index (χ0v) is 17.2. The van der Waals surface area contributed by atoms with Crippen molar-refractivity contribution in [1.82, 2.24) is 0 Å². The van der Waals surface area contributed by atoms with Gasteiger partial charge in [-0.2, -0.15) is 0 Å². The highest BCUT2D eigenvalue weighted by Gasteiger charge is 2.23. The molecule has 1 N–H and O–H groups in total. The highest BCUT2D eigenvalue weighted by molar-refractivity contribution is 7.92. The van der Waals surface area contributed by atoms with Crippen LogP contribution in [0.15, 0.2) is 60.7 Å². The Labute approximate surface area is 173 Å². The Morgan fingerprint density at radius 1 is 0.967 bits per heavy atom. The molecule has 3 aromatic carbocycles. The minimum absolute atomic E-state index is 0.107. The quantitative estimate of drug-likeness (QED) is 0.625. The van der Waals surface area contributed by atoms with Gasteiger partial charge in [-0.25, -0.2) is 17.2 Å². The van der Waals surface area contributed by atoms with E-state index >= 15 is 0 Å². The van der Waals surface area contributed by atoms with E-state index in [2.05, 4.69) is 4.72 Å². The van der Waals surface area contributed by atoms with Gasteiger partial charge in [0.05, 0.1) is 6.26 Å². The summed E-state index contributed by atoms with van der Waals surface area (Å²) in [6, 6.07) is 15.8. The van der Waals surface area contributed by atoms with Gasteiger partial charge in [-0.15, -0.1) is 0 Å². The molecule has 7 heteroatoms. The third-order valence-electron chi connectivity index (χ3n) is 4.91. The van der Waals surface area contributed by atoms with Crippen LogP contribution in [0, 0.1) is 11.6 Å². The number of fused-ring (bicyclic) bond motifs is 2. The van der Waals surface area contributed by atoms with Gasteiger partial charge in [-0.1, -0.05) is 18.2 Å². The molecule has 0 aliphatic carbocycles. The summed E-state index contributed by atoms with van der Waals surface area (Å²) in [5.74, 6) is -0.445. The predicted molar refractivity (Wildman–Crippen MR) is 114 cm³/mol. The fraction of sp³-hybridized carbons (Fsp3) is 0.130. The zero-order valence-electron chi connectivity index (χ0n) is 16.4. The second-order valence-corrected chi connectivity index (χ2v) is 8.93. The van der Waals surface area contributed by atoms with Gasteiger partial charge in [0.25, 0.3) is 0 Å². The van der Waals surface area contributed by atoms with Crippen LogP contribution in [0.25, 0.3) is 11.1 Å². The number of benzene rings is 3. The summed E-state index contributed by atoms with van der Waals surface area (Å²) < 4.78 is 59.2. The average Bonchev–Trinajstić information content (AvgIpc) is 2.82. The highest BCUT2D eigenvalue weighted by Crippen LogP contribution is 2.41. The summed E-state index contributed by atoms with van der Waals surface area (Å²) in [6.45, 7) is 2.00. The number of sulfonamides is 1. The van der Waals surface area contributed by atoms with Gasteiger partial charge in [0, 0.05) is 22.9 Å². The summed E-state index contributed by atoms with van der Waals surface area (Å²) in [6.07, 6.45) is 1.09. The number of hydrogen-bond acceptors (Lipinski definition) is 3. The third-order valence-corrected chi connectivity index (χ3v) is 5.51. The highest BCUT2D eigenvalue weighted by atomic mass is 32.2. The zero-order chi connectivity index (χ0) is 21.5. The van der Waals surface area contributed by atoms with E-state index in [1.807, 2.05) is 13.0 Å². The molecule has 4 nitrogen and oxygen atoms in total. The molecular formula is C23H19F2NO3S. The Hall–Kier alpha value is -3.19. The maximum atomic E-state index is 13.9. The van der Waals surface area contributed by atoms with Crippen LogP contribution in [0.5, 0.6) is 5.75 Å². The van der Waals surface area contributed by atoms with Gasteiger partial charge < -0.3 is 4.74 Å². The predicted octanol–water partition coefficient (Wildman–Crippen LogP) is 5.21. The first-order chi connectivity index (χ1) is 14.2. The molecule has 4 rings (SSSR count). The van der Waals surface area contributed by atoms with E-state index in [1.54, 1.807) is 30.3 Å². The van der Waals surface area contributed by atoms with Crippen molar-refractivity contribution < 1.29 is 21.9 Å². The molecule has 1 aliphatic heterocycles. The van der Waals surface area contributed by atoms with E-state index in [4.69, 9.17) is 4.74 Å². The Balaban J connectivity index is 1.96.